The first-order chi connectivity index (χ1) is 9.21. The van der Waals surface area contributed by atoms with E-state index in [2.05, 4.69) is 79.7 Å². The van der Waals surface area contributed by atoms with Crippen molar-refractivity contribution < 1.29 is 0 Å². The van der Waals surface area contributed by atoms with E-state index in [1.807, 2.05) is 0 Å². The second-order valence-electron chi connectivity index (χ2n) is 5.24. The van der Waals surface area contributed by atoms with Crippen molar-refractivity contribution in [2.75, 3.05) is 14.1 Å². The van der Waals surface area contributed by atoms with Crippen LogP contribution in [0.25, 0.3) is 0 Å². The van der Waals surface area contributed by atoms with Crippen molar-refractivity contribution in [3.05, 3.63) is 71.8 Å². The molecule has 0 saturated heterocycles. The summed E-state index contributed by atoms with van der Waals surface area (Å²) in [6, 6.07) is 23.1. The normalized spacial score (nSPS) is 11.9. The summed E-state index contributed by atoms with van der Waals surface area (Å²) < 4.78 is 0. The Kier molecular flexibility index (Phi) is 4.56. The molecule has 0 aliphatic rings. The molecule has 0 spiro atoms. The molecule has 2 aromatic carbocycles. The molecule has 0 fully saturated rings. The lowest BCUT2D eigenvalue weighted by atomic mass is 9.79. The van der Waals surface area contributed by atoms with E-state index >= 15 is 0 Å². The molecule has 0 saturated carbocycles. The Balaban J connectivity index is 2.61. The molecular weight excluding hydrogens is 246 g/mol. The first-order valence-corrected chi connectivity index (χ1v) is 8.41. The van der Waals surface area contributed by atoms with Crippen molar-refractivity contribution >= 4 is 10.2 Å². The van der Waals surface area contributed by atoms with Crippen molar-refractivity contribution in [2.45, 2.75) is 18.0 Å². The average Bonchev–Trinajstić information content (AvgIpc) is 2.46. The van der Waals surface area contributed by atoms with Gasteiger partial charge in [-0.3, -0.25) is 4.90 Å². The molecule has 2 heteroatoms. The molecule has 0 aromatic heterocycles. The van der Waals surface area contributed by atoms with Crippen LogP contribution in [0, 0.1) is 0 Å². The van der Waals surface area contributed by atoms with Gasteiger partial charge in [0.15, 0.2) is 0 Å². The Morgan fingerprint density at radius 3 is 1.58 bits per heavy atom. The van der Waals surface area contributed by atoms with Gasteiger partial charge in [0.1, 0.15) is 0 Å². The predicted octanol–water partition coefficient (Wildman–Crippen LogP) is 2.67. The molecule has 0 atom stereocenters. The Hall–Kier alpha value is -1.38. The van der Waals surface area contributed by atoms with Crippen molar-refractivity contribution in [3.8, 4) is 0 Å². The van der Waals surface area contributed by atoms with Gasteiger partial charge in [-0.25, -0.2) is 0 Å². The molecule has 0 radical (unpaired) electrons. The van der Waals surface area contributed by atoms with E-state index in [9.17, 15) is 0 Å². The zero-order valence-electron chi connectivity index (χ0n) is 12.1. The second-order valence-corrected chi connectivity index (χ2v) is 6.24. The maximum atomic E-state index is 2.37. The van der Waals surface area contributed by atoms with Crippen LogP contribution in [0.3, 0.4) is 0 Å². The first-order valence-electron chi connectivity index (χ1n) is 7.00. The first kappa shape index (κ1) is 14.0. The third-order valence-electron chi connectivity index (χ3n) is 3.88. The Bertz CT molecular complexity index is 454. The molecule has 0 aliphatic carbocycles. The van der Waals surface area contributed by atoms with E-state index < -0.39 is 0 Å². The number of benzene rings is 2. The summed E-state index contributed by atoms with van der Waals surface area (Å²) in [4.78, 5) is 2.37. The number of rotatable bonds is 5. The summed E-state index contributed by atoms with van der Waals surface area (Å²) in [5.74, 6) is 0. The molecule has 2 aromatic rings. The highest BCUT2D eigenvalue weighted by atomic mass is 28.1. The van der Waals surface area contributed by atoms with Gasteiger partial charge >= 0.3 is 0 Å². The molecule has 0 N–H and O–H groups in total. The van der Waals surface area contributed by atoms with Crippen LogP contribution in [0.2, 0.25) is 6.04 Å². The summed E-state index contributed by atoms with van der Waals surface area (Å²) in [5, 5.41) is 0. The molecule has 1 nitrogen and oxygen atoms in total. The second kappa shape index (κ2) is 6.18. The van der Waals surface area contributed by atoms with Crippen molar-refractivity contribution in [2.24, 2.45) is 0 Å². The standard InChI is InChI=1S/C17H23NSi/c1-18(2)17(13-14-19,15-9-5-3-6-10-15)16-11-7-4-8-12-16/h3-12H,13-14H2,1-2,19H3. The van der Waals surface area contributed by atoms with Crippen LogP contribution >= 0.6 is 0 Å². The Morgan fingerprint density at radius 1 is 0.842 bits per heavy atom. The molecule has 2 rings (SSSR count). The fraction of sp³-hybridized carbons (Fsp3) is 0.294. The van der Waals surface area contributed by atoms with Crippen LogP contribution in [-0.2, 0) is 5.54 Å². The molecule has 0 heterocycles. The quantitative estimate of drug-likeness (QED) is 0.754. The zero-order chi connectivity index (χ0) is 13.7. The molecule has 0 bridgehead atoms. The highest BCUT2D eigenvalue weighted by Gasteiger charge is 2.35. The largest absolute Gasteiger partial charge is 0.296 e. The van der Waals surface area contributed by atoms with Gasteiger partial charge in [-0.15, -0.1) is 0 Å². The Morgan fingerprint density at radius 2 is 1.26 bits per heavy atom. The highest BCUT2D eigenvalue weighted by Crippen LogP contribution is 2.38. The van der Waals surface area contributed by atoms with Gasteiger partial charge in [0.2, 0.25) is 0 Å². The molecule has 0 amide bonds. The van der Waals surface area contributed by atoms with E-state index in [0.717, 1.165) is 0 Å². The van der Waals surface area contributed by atoms with Gasteiger partial charge in [-0.05, 0) is 31.6 Å². The van der Waals surface area contributed by atoms with E-state index in [4.69, 9.17) is 0 Å². The zero-order valence-corrected chi connectivity index (χ0v) is 14.1. The minimum atomic E-state index is 0.00424. The van der Waals surface area contributed by atoms with E-state index in [1.165, 1.54) is 33.8 Å². The smallest absolute Gasteiger partial charge is 0.0707 e. The fourth-order valence-corrected chi connectivity index (χ4v) is 3.71. The monoisotopic (exact) mass is 269 g/mol. The van der Waals surface area contributed by atoms with Crippen LogP contribution in [0.15, 0.2) is 60.7 Å². The van der Waals surface area contributed by atoms with Crippen LogP contribution in [0.4, 0.5) is 0 Å². The molecular formula is C17H23NSi. The third kappa shape index (κ3) is 2.65. The minimum Gasteiger partial charge on any atom is -0.296 e. The van der Waals surface area contributed by atoms with Crippen LogP contribution in [-0.4, -0.2) is 29.2 Å². The highest BCUT2D eigenvalue weighted by molar-refractivity contribution is 6.08. The van der Waals surface area contributed by atoms with Gasteiger partial charge in [0.25, 0.3) is 0 Å². The number of nitrogens with zero attached hydrogens (tertiary/aromatic N) is 1. The predicted molar refractivity (Wildman–Crippen MR) is 86.7 cm³/mol. The topological polar surface area (TPSA) is 3.24 Å². The number of hydrogen-bond acceptors (Lipinski definition) is 1. The summed E-state index contributed by atoms with van der Waals surface area (Å²) in [7, 11) is 5.62. The SMILES string of the molecule is CN(C)C(CC[SiH3])(c1ccccc1)c1ccccc1. The molecule has 0 aliphatic heterocycles. The lowest BCUT2D eigenvalue weighted by molar-refractivity contribution is 0.193. The van der Waals surface area contributed by atoms with Gasteiger partial charge in [0.05, 0.1) is 5.54 Å². The van der Waals surface area contributed by atoms with Crippen molar-refractivity contribution in [1.82, 2.24) is 4.90 Å². The summed E-state index contributed by atoms with van der Waals surface area (Å²) in [5.41, 5.74) is 2.79. The van der Waals surface area contributed by atoms with Crippen LogP contribution in [0.1, 0.15) is 17.5 Å². The van der Waals surface area contributed by atoms with Gasteiger partial charge in [-0.2, -0.15) is 0 Å². The van der Waals surface area contributed by atoms with Gasteiger partial charge < -0.3 is 0 Å². The summed E-state index contributed by atoms with van der Waals surface area (Å²) in [6.07, 6.45) is 1.18. The van der Waals surface area contributed by atoms with Gasteiger partial charge in [-0.1, -0.05) is 66.7 Å². The molecule has 19 heavy (non-hydrogen) atoms. The maximum absolute atomic E-state index is 2.37. The molecule has 100 valence electrons. The summed E-state index contributed by atoms with van der Waals surface area (Å²) in [6.45, 7) is 0. The lowest BCUT2D eigenvalue weighted by Crippen LogP contribution is -2.42. The van der Waals surface area contributed by atoms with Crippen molar-refractivity contribution in [1.29, 1.82) is 0 Å². The van der Waals surface area contributed by atoms with Crippen LogP contribution in [0.5, 0.6) is 0 Å². The fourth-order valence-electron chi connectivity index (χ4n) is 2.98. The van der Waals surface area contributed by atoms with Crippen molar-refractivity contribution in [3.63, 3.8) is 0 Å². The van der Waals surface area contributed by atoms with Crippen LogP contribution < -0.4 is 0 Å². The van der Waals surface area contributed by atoms with Gasteiger partial charge in [0, 0.05) is 10.2 Å². The average molecular weight is 269 g/mol. The maximum Gasteiger partial charge on any atom is 0.0707 e. The lowest BCUT2D eigenvalue weighted by Gasteiger charge is -2.41. The minimum absolute atomic E-state index is 0.00424. The van der Waals surface area contributed by atoms with E-state index in [0.29, 0.717) is 0 Å². The third-order valence-corrected chi connectivity index (χ3v) is 4.38. The summed E-state index contributed by atoms with van der Waals surface area (Å²) >= 11 is 0. The number of hydrogen-bond donors (Lipinski definition) is 0. The Labute approximate surface area is 119 Å². The van der Waals surface area contributed by atoms with E-state index in [1.54, 1.807) is 0 Å². The molecule has 0 unspecified atom stereocenters. The van der Waals surface area contributed by atoms with E-state index in [-0.39, 0.29) is 5.54 Å².